The van der Waals surface area contributed by atoms with Crippen LogP contribution in [-0.4, -0.2) is 10.8 Å². The number of pyridine rings is 1. The van der Waals surface area contributed by atoms with Crippen LogP contribution in [0.15, 0.2) is 18.3 Å². The van der Waals surface area contributed by atoms with Crippen molar-refractivity contribution in [2.45, 2.75) is 40.0 Å². The van der Waals surface area contributed by atoms with E-state index < -0.39 is 0 Å². The molecule has 1 fully saturated rings. The summed E-state index contributed by atoms with van der Waals surface area (Å²) in [5, 5.41) is 0. The first-order chi connectivity index (χ1) is 8.08. The number of hydrogen-bond donors (Lipinski definition) is 0. The fourth-order valence-corrected chi connectivity index (χ4v) is 2.63. The highest BCUT2D eigenvalue weighted by Crippen LogP contribution is 2.34. The topological polar surface area (TPSA) is 30.0 Å². The maximum Gasteiger partial charge on any atom is 0.167 e. The van der Waals surface area contributed by atoms with Crippen LogP contribution in [0.2, 0.25) is 0 Å². The van der Waals surface area contributed by atoms with E-state index in [1.807, 2.05) is 19.1 Å². The van der Waals surface area contributed by atoms with Gasteiger partial charge in [-0.15, -0.1) is 0 Å². The van der Waals surface area contributed by atoms with Crippen LogP contribution < -0.4 is 0 Å². The van der Waals surface area contributed by atoms with Gasteiger partial charge in [-0.05, 0) is 50.2 Å². The lowest BCUT2D eigenvalue weighted by Crippen LogP contribution is -2.26. The van der Waals surface area contributed by atoms with Gasteiger partial charge >= 0.3 is 0 Å². The predicted octanol–water partition coefficient (Wildman–Crippen LogP) is 3.65. The Hall–Kier alpha value is -1.18. The van der Waals surface area contributed by atoms with E-state index in [0.717, 1.165) is 30.0 Å². The van der Waals surface area contributed by atoms with Crippen molar-refractivity contribution >= 4 is 5.78 Å². The number of nitrogens with zero attached hydrogens (tertiary/aromatic N) is 1. The summed E-state index contributed by atoms with van der Waals surface area (Å²) in [6.07, 6.45) is 4.98. The minimum absolute atomic E-state index is 0.214. The number of hydrogen-bond acceptors (Lipinski definition) is 2. The van der Waals surface area contributed by atoms with Gasteiger partial charge in [0.15, 0.2) is 5.78 Å². The monoisotopic (exact) mass is 231 g/mol. The number of rotatable bonds is 2. The Balaban J connectivity index is 2.08. The van der Waals surface area contributed by atoms with Crippen LogP contribution in [0.5, 0.6) is 0 Å². The third-order valence-electron chi connectivity index (χ3n) is 4.16. The van der Waals surface area contributed by atoms with E-state index in [2.05, 4.69) is 18.8 Å². The number of aryl methyl sites for hydroxylation is 1. The van der Waals surface area contributed by atoms with Crippen LogP contribution >= 0.6 is 0 Å². The Kier molecular flexibility index (Phi) is 3.60. The predicted molar refractivity (Wildman–Crippen MR) is 69.0 cm³/mol. The van der Waals surface area contributed by atoms with Crippen molar-refractivity contribution in [2.75, 3.05) is 0 Å². The molecule has 0 radical (unpaired) electrons. The molecule has 0 amide bonds. The molecule has 1 aliphatic rings. The van der Waals surface area contributed by atoms with Crippen molar-refractivity contribution in [3.63, 3.8) is 0 Å². The van der Waals surface area contributed by atoms with Gasteiger partial charge < -0.3 is 0 Å². The van der Waals surface area contributed by atoms with E-state index >= 15 is 0 Å². The molecule has 17 heavy (non-hydrogen) atoms. The molecular weight excluding hydrogens is 210 g/mol. The lowest BCUT2D eigenvalue weighted by atomic mass is 9.73. The molecule has 1 aromatic rings. The standard InChI is InChI=1S/C15H21NO/c1-10-4-6-13(8-11(10)2)15(17)14-7-5-12(3)16-9-14/h5,7,9-11,13H,4,6,8H2,1-3H3. The summed E-state index contributed by atoms with van der Waals surface area (Å²) in [6.45, 7) is 6.49. The summed E-state index contributed by atoms with van der Waals surface area (Å²) in [5.41, 5.74) is 1.74. The second-order valence-electron chi connectivity index (χ2n) is 5.52. The van der Waals surface area contributed by atoms with Crippen molar-refractivity contribution < 1.29 is 4.79 Å². The average molecular weight is 231 g/mol. The van der Waals surface area contributed by atoms with Crippen LogP contribution in [0, 0.1) is 24.7 Å². The van der Waals surface area contributed by atoms with Crippen molar-refractivity contribution in [2.24, 2.45) is 17.8 Å². The van der Waals surface area contributed by atoms with Gasteiger partial charge in [0.2, 0.25) is 0 Å². The summed E-state index contributed by atoms with van der Waals surface area (Å²) in [4.78, 5) is 16.5. The Bertz CT molecular complexity index is 396. The lowest BCUT2D eigenvalue weighted by Gasteiger charge is -2.31. The first-order valence-electron chi connectivity index (χ1n) is 6.54. The fourth-order valence-electron chi connectivity index (χ4n) is 2.63. The van der Waals surface area contributed by atoms with Crippen molar-refractivity contribution in [1.82, 2.24) is 4.98 Å². The molecule has 1 aromatic heterocycles. The first kappa shape index (κ1) is 12.3. The molecular formula is C15H21NO. The summed E-state index contributed by atoms with van der Waals surface area (Å²) in [5.74, 6) is 1.92. The SMILES string of the molecule is Cc1ccc(C(=O)C2CCC(C)C(C)C2)cn1. The number of Topliss-reactive ketones (excluding diaryl/α,β-unsaturated/α-hetero) is 1. The molecule has 92 valence electrons. The summed E-state index contributed by atoms with van der Waals surface area (Å²) >= 11 is 0. The van der Waals surface area contributed by atoms with E-state index in [4.69, 9.17) is 0 Å². The highest BCUT2D eigenvalue weighted by atomic mass is 16.1. The average Bonchev–Trinajstić information content (AvgIpc) is 2.33. The van der Waals surface area contributed by atoms with Crippen molar-refractivity contribution in [1.29, 1.82) is 0 Å². The number of carbonyl (C=O) groups is 1. The Morgan fingerprint density at radius 2 is 2.00 bits per heavy atom. The highest BCUT2D eigenvalue weighted by molar-refractivity contribution is 5.97. The van der Waals surface area contributed by atoms with Gasteiger partial charge in [-0.25, -0.2) is 0 Å². The van der Waals surface area contributed by atoms with Crippen LogP contribution in [0.1, 0.15) is 49.2 Å². The summed E-state index contributed by atoms with van der Waals surface area (Å²) in [6, 6.07) is 3.83. The molecule has 0 spiro atoms. The van der Waals surface area contributed by atoms with Gasteiger partial charge in [-0.3, -0.25) is 9.78 Å². The first-order valence-corrected chi connectivity index (χ1v) is 6.54. The molecule has 0 saturated heterocycles. The zero-order chi connectivity index (χ0) is 12.4. The Morgan fingerprint density at radius 1 is 1.24 bits per heavy atom. The van der Waals surface area contributed by atoms with Gasteiger partial charge in [0.05, 0.1) is 0 Å². The summed E-state index contributed by atoms with van der Waals surface area (Å²) < 4.78 is 0. The van der Waals surface area contributed by atoms with Gasteiger partial charge in [0.25, 0.3) is 0 Å². The molecule has 2 heteroatoms. The van der Waals surface area contributed by atoms with Crippen molar-refractivity contribution in [3.8, 4) is 0 Å². The van der Waals surface area contributed by atoms with Crippen LogP contribution in [0.3, 0.4) is 0 Å². The molecule has 3 atom stereocenters. The normalized spacial score (nSPS) is 29.0. The zero-order valence-electron chi connectivity index (χ0n) is 10.9. The number of aromatic nitrogens is 1. The smallest absolute Gasteiger partial charge is 0.167 e. The molecule has 1 aliphatic carbocycles. The maximum atomic E-state index is 12.3. The Morgan fingerprint density at radius 3 is 2.59 bits per heavy atom. The third kappa shape index (κ3) is 2.74. The van der Waals surface area contributed by atoms with Gasteiger partial charge in [0, 0.05) is 23.4 Å². The third-order valence-corrected chi connectivity index (χ3v) is 4.16. The molecule has 2 rings (SSSR count). The largest absolute Gasteiger partial charge is 0.294 e. The molecule has 0 bridgehead atoms. The van der Waals surface area contributed by atoms with Crippen molar-refractivity contribution in [3.05, 3.63) is 29.6 Å². The van der Waals surface area contributed by atoms with E-state index in [-0.39, 0.29) is 11.7 Å². The molecule has 1 saturated carbocycles. The second-order valence-corrected chi connectivity index (χ2v) is 5.52. The van der Waals surface area contributed by atoms with E-state index in [0.29, 0.717) is 5.92 Å². The summed E-state index contributed by atoms with van der Waals surface area (Å²) in [7, 11) is 0. The minimum Gasteiger partial charge on any atom is -0.294 e. The quantitative estimate of drug-likeness (QED) is 0.727. The maximum absolute atomic E-state index is 12.3. The molecule has 0 aromatic carbocycles. The van der Waals surface area contributed by atoms with Gasteiger partial charge in [-0.1, -0.05) is 13.8 Å². The lowest BCUT2D eigenvalue weighted by molar-refractivity contribution is 0.0837. The van der Waals surface area contributed by atoms with Crippen LogP contribution in [0.25, 0.3) is 0 Å². The number of ketones is 1. The van der Waals surface area contributed by atoms with Crippen LogP contribution in [-0.2, 0) is 0 Å². The minimum atomic E-state index is 0.214. The highest BCUT2D eigenvalue weighted by Gasteiger charge is 2.29. The Labute approximate surface area is 103 Å². The molecule has 1 heterocycles. The van der Waals surface area contributed by atoms with Gasteiger partial charge in [0.1, 0.15) is 0 Å². The second kappa shape index (κ2) is 4.99. The number of carbonyl (C=O) groups excluding carboxylic acids is 1. The van der Waals surface area contributed by atoms with E-state index in [9.17, 15) is 4.79 Å². The molecule has 0 aliphatic heterocycles. The molecule has 0 N–H and O–H groups in total. The van der Waals surface area contributed by atoms with Gasteiger partial charge in [-0.2, -0.15) is 0 Å². The zero-order valence-corrected chi connectivity index (χ0v) is 10.9. The molecule has 2 nitrogen and oxygen atoms in total. The van der Waals surface area contributed by atoms with Crippen LogP contribution in [0.4, 0.5) is 0 Å². The molecule has 3 unspecified atom stereocenters. The van der Waals surface area contributed by atoms with E-state index in [1.165, 1.54) is 6.42 Å². The fraction of sp³-hybridized carbons (Fsp3) is 0.600. The van der Waals surface area contributed by atoms with E-state index in [1.54, 1.807) is 6.20 Å².